The van der Waals surface area contributed by atoms with E-state index < -0.39 is 0 Å². The quantitative estimate of drug-likeness (QED) is 0.889. The Bertz CT molecular complexity index is 568. The van der Waals surface area contributed by atoms with Crippen LogP contribution >= 0.6 is 12.4 Å². The second kappa shape index (κ2) is 7.81. The fourth-order valence-electron chi connectivity index (χ4n) is 1.95. The summed E-state index contributed by atoms with van der Waals surface area (Å²) in [6.07, 6.45) is 2.14. The van der Waals surface area contributed by atoms with E-state index in [9.17, 15) is 4.79 Å². The molecule has 3 N–H and O–H groups in total. The summed E-state index contributed by atoms with van der Waals surface area (Å²) in [6, 6.07) is 9.84. The number of nitrogens with two attached hydrogens (primary N) is 1. The van der Waals surface area contributed by atoms with Crippen molar-refractivity contribution in [2.75, 3.05) is 7.05 Å². The van der Waals surface area contributed by atoms with Crippen LogP contribution in [0.4, 0.5) is 0 Å². The number of carbonyl (C=O) groups is 1. The van der Waals surface area contributed by atoms with Crippen molar-refractivity contribution in [2.45, 2.75) is 25.9 Å². The van der Waals surface area contributed by atoms with Crippen LogP contribution in [-0.2, 0) is 11.3 Å². The summed E-state index contributed by atoms with van der Waals surface area (Å²) >= 11 is 0. The number of H-pyrrole nitrogens is 1. The molecule has 0 saturated carbocycles. The normalized spacial score (nSPS) is 11.6. The minimum Gasteiger partial charge on any atom is -0.341 e. The predicted molar refractivity (Wildman–Crippen MR) is 86.0 cm³/mol. The fourth-order valence-corrected chi connectivity index (χ4v) is 1.95. The van der Waals surface area contributed by atoms with Crippen LogP contribution in [0, 0.1) is 0 Å². The smallest absolute Gasteiger partial charge is 0.224 e. The third kappa shape index (κ3) is 4.88. The van der Waals surface area contributed by atoms with Crippen LogP contribution in [0.5, 0.6) is 0 Å². The number of amides is 1. The van der Waals surface area contributed by atoms with E-state index in [1.165, 1.54) is 0 Å². The monoisotopic (exact) mass is 308 g/mol. The van der Waals surface area contributed by atoms with Crippen molar-refractivity contribution in [3.8, 4) is 11.3 Å². The summed E-state index contributed by atoms with van der Waals surface area (Å²) in [6.45, 7) is 2.28. The molecule has 1 unspecified atom stereocenters. The van der Waals surface area contributed by atoms with Gasteiger partial charge in [0.15, 0.2) is 0 Å². The van der Waals surface area contributed by atoms with Crippen LogP contribution in [0.3, 0.4) is 0 Å². The minimum absolute atomic E-state index is 0. The van der Waals surface area contributed by atoms with Gasteiger partial charge in [0.05, 0.1) is 18.4 Å². The van der Waals surface area contributed by atoms with E-state index in [1.807, 2.05) is 37.3 Å². The molecule has 114 valence electrons. The van der Waals surface area contributed by atoms with Crippen molar-refractivity contribution in [3.05, 3.63) is 42.4 Å². The summed E-state index contributed by atoms with van der Waals surface area (Å²) in [5.41, 5.74) is 7.67. The average Bonchev–Trinajstić information content (AvgIpc) is 2.87. The zero-order valence-electron chi connectivity index (χ0n) is 12.2. The van der Waals surface area contributed by atoms with Gasteiger partial charge in [-0.1, -0.05) is 30.3 Å². The van der Waals surface area contributed by atoms with Gasteiger partial charge in [0.25, 0.3) is 0 Å². The van der Waals surface area contributed by atoms with Crippen molar-refractivity contribution in [1.29, 1.82) is 0 Å². The third-order valence-electron chi connectivity index (χ3n) is 3.02. The van der Waals surface area contributed by atoms with Gasteiger partial charge in [-0.15, -0.1) is 12.4 Å². The predicted octanol–water partition coefficient (Wildman–Crippen LogP) is 2.19. The number of hydrogen-bond acceptors (Lipinski definition) is 3. The first-order chi connectivity index (χ1) is 9.56. The standard InChI is InChI=1S/C15H20N4O.ClH/c1-11(16)8-15(20)19(2)10-14-17-9-13(18-14)12-6-4-3-5-7-12;/h3-7,9,11H,8,10,16H2,1-2H3,(H,17,18);1H. The Morgan fingerprint density at radius 1 is 1.38 bits per heavy atom. The molecule has 0 aliphatic carbocycles. The summed E-state index contributed by atoms with van der Waals surface area (Å²) < 4.78 is 0. The lowest BCUT2D eigenvalue weighted by atomic mass is 10.2. The van der Waals surface area contributed by atoms with Crippen LogP contribution < -0.4 is 5.73 Å². The topological polar surface area (TPSA) is 75.0 Å². The van der Waals surface area contributed by atoms with Crippen LogP contribution in [0.25, 0.3) is 11.3 Å². The molecular weight excluding hydrogens is 288 g/mol. The first-order valence-electron chi connectivity index (χ1n) is 6.65. The Morgan fingerprint density at radius 3 is 2.67 bits per heavy atom. The maximum absolute atomic E-state index is 11.8. The van der Waals surface area contributed by atoms with Gasteiger partial charge >= 0.3 is 0 Å². The Balaban J connectivity index is 0.00000220. The van der Waals surface area contributed by atoms with Gasteiger partial charge in [0.1, 0.15) is 5.82 Å². The van der Waals surface area contributed by atoms with E-state index in [-0.39, 0.29) is 24.4 Å². The zero-order chi connectivity index (χ0) is 14.5. The number of aromatic amines is 1. The number of benzene rings is 1. The van der Waals surface area contributed by atoms with E-state index in [4.69, 9.17) is 5.73 Å². The molecule has 0 bridgehead atoms. The highest BCUT2D eigenvalue weighted by molar-refractivity contribution is 5.85. The minimum atomic E-state index is -0.124. The van der Waals surface area contributed by atoms with Crippen molar-refractivity contribution in [2.24, 2.45) is 5.73 Å². The molecule has 0 spiro atoms. The van der Waals surface area contributed by atoms with E-state index >= 15 is 0 Å². The molecule has 0 radical (unpaired) electrons. The number of halogens is 1. The molecule has 1 aromatic carbocycles. The number of aromatic nitrogens is 2. The summed E-state index contributed by atoms with van der Waals surface area (Å²) in [7, 11) is 1.76. The number of nitrogens with one attached hydrogen (secondary N) is 1. The summed E-state index contributed by atoms with van der Waals surface area (Å²) in [4.78, 5) is 21.0. The maximum Gasteiger partial charge on any atom is 0.224 e. The van der Waals surface area contributed by atoms with E-state index in [0.29, 0.717) is 13.0 Å². The van der Waals surface area contributed by atoms with Crippen molar-refractivity contribution < 1.29 is 4.79 Å². The van der Waals surface area contributed by atoms with Crippen LogP contribution in [-0.4, -0.2) is 33.9 Å². The van der Waals surface area contributed by atoms with Crippen LogP contribution in [0.1, 0.15) is 19.2 Å². The summed E-state index contributed by atoms with van der Waals surface area (Å²) in [5, 5.41) is 0. The molecule has 0 aliphatic heterocycles. The van der Waals surface area contributed by atoms with Gasteiger partial charge in [-0.2, -0.15) is 0 Å². The molecule has 2 rings (SSSR count). The van der Waals surface area contributed by atoms with Gasteiger partial charge in [0.2, 0.25) is 5.91 Å². The van der Waals surface area contributed by atoms with Gasteiger partial charge in [-0.3, -0.25) is 4.79 Å². The number of nitrogens with zero attached hydrogens (tertiary/aromatic N) is 2. The highest BCUT2D eigenvalue weighted by atomic mass is 35.5. The van der Waals surface area contributed by atoms with Crippen molar-refractivity contribution in [3.63, 3.8) is 0 Å². The molecule has 2 aromatic rings. The zero-order valence-corrected chi connectivity index (χ0v) is 13.1. The molecule has 0 fully saturated rings. The first-order valence-corrected chi connectivity index (χ1v) is 6.65. The lowest BCUT2D eigenvalue weighted by molar-refractivity contribution is -0.130. The van der Waals surface area contributed by atoms with Gasteiger partial charge < -0.3 is 15.6 Å². The van der Waals surface area contributed by atoms with Gasteiger partial charge in [-0.05, 0) is 12.5 Å². The second-order valence-electron chi connectivity index (χ2n) is 5.04. The maximum atomic E-state index is 11.8. The average molecular weight is 309 g/mol. The molecule has 21 heavy (non-hydrogen) atoms. The molecule has 5 nitrogen and oxygen atoms in total. The molecule has 0 aliphatic rings. The third-order valence-corrected chi connectivity index (χ3v) is 3.02. The SMILES string of the molecule is CC(N)CC(=O)N(C)Cc1ncc(-c2ccccc2)[nH]1.Cl. The van der Waals surface area contributed by atoms with Crippen LogP contribution in [0.15, 0.2) is 36.5 Å². The van der Waals surface area contributed by atoms with E-state index in [0.717, 1.165) is 17.1 Å². The molecule has 1 amide bonds. The first kappa shape index (κ1) is 17.2. The molecule has 0 saturated heterocycles. The number of hydrogen-bond donors (Lipinski definition) is 2. The number of imidazole rings is 1. The molecule has 6 heteroatoms. The largest absolute Gasteiger partial charge is 0.341 e. The Labute approximate surface area is 131 Å². The second-order valence-corrected chi connectivity index (χ2v) is 5.04. The molecule has 1 atom stereocenters. The number of carbonyl (C=O) groups excluding carboxylic acids is 1. The van der Waals surface area contributed by atoms with Gasteiger partial charge in [-0.25, -0.2) is 4.98 Å². The molecular formula is C15H21ClN4O. The van der Waals surface area contributed by atoms with Crippen LogP contribution in [0.2, 0.25) is 0 Å². The van der Waals surface area contributed by atoms with E-state index in [2.05, 4.69) is 9.97 Å². The highest BCUT2D eigenvalue weighted by Gasteiger charge is 2.13. The molecule has 1 aromatic heterocycles. The highest BCUT2D eigenvalue weighted by Crippen LogP contribution is 2.16. The van der Waals surface area contributed by atoms with Gasteiger partial charge in [0, 0.05) is 19.5 Å². The lowest BCUT2D eigenvalue weighted by Gasteiger charge is -2.16. The van der Waals surface area contributed by atoms with Crippen molar-refractivity contribution >= 4 is 18.3 Å². The van der Waals surface area contributed by atoms with Crippen molar-refractivity contribution in [1.82, 2.24) is 14.9 Å². The Morgan fingerprint density at radius 2 is 2.05 bits per heavy atom. The number of rotatable bonds is 5. The van der Waals surface area contributed by atoms with E-state index in [1.54, 1.807) is 18.1 Å². The Kier molecular flexibility index (Phi) is 6.39. The lowest BCUT2D eigenvalue weighted by Crippen LogP contribution is -2.31. The Hall–Kier alpha value is -1.85. The summed E-state index contributed by atoms with van der Waals surface area (Å²) in [5.74, 6) is 0.794. The molecule has 1 heterocycles. The fraction of sp³-hybridized carbons (Fsp3) is 0.333.